The van der Waals surface area contributed by atoms with Gasteiger partial charge in [0.25, 0.3) is 0 Å². The zero-order valence-corrected chi connectivity index (χ0v) is 20.8. The van der Waals surface area contributed by atoms with E-state index in [4.69, 9.17) is 10.8 Å². The van der Waals surface area contributed by atoms with E-state index in [0.717, 1.165) is 0 Å². The van der Waals surface area contributed by atoms with E-state index in [-0.39, 0.29) is 25.2 Å². The second-order valence-electron chi connectivity index (χ2n) is 8.29. The molecule has 0 fully saturated rings. The molecule has 8 N–H and O–H groups in total. The highest BCUT2D eigenvalue weighted by atomic mass is 32.2. The summed E-state index contributed by atoms with van der Waals surface area (Å²) in [5.41, 5.74) is 6.41. The van der Waals surface area contributed by atoms with Gasteiger partial charge in [-0.2, -0.15) is 11.8 Å². The van der Waals surface area contributed by atoms with Crippen molar-refractivity contribution in [2.24, 2.45) is 11.7 Å². The first-order valence-corrected chi connectivity index (χ1v) is 12.4. The molecule has 196 valence electrons. The first-order chi connectivity index (χ1) is 16.5. The highest BCUT2D eigenvalue weighted by molar-refractivity contribution is 7.98. The van der Waals surface area contributed by atoms with Crippen LogP contribution in [0.2, 0.25) is 0 Å². The quantitative estimate of drug-likeness (QED) is 0.144. The number of aromatic amines is 1. The number of imidazole rings is 1. The molecule has 0 aliphatic heterocycles. The molecule has 0 spiro atoms. The van der Waals surface area contributed by atoms with Crippen LogP contribution in [-0.4, -0.2) is 86.0 Å². The molecule has 1 aromatic rings. The molecule has 3 amide bonds. The zero-order chi connectivity index (χ0) is 26.5. The molecule has 4 unspecified atom stereocenters. The predicted octanol–water partition coefficient (Wildman–Crippen LogP) is -0.908. The van der Waals surface area contributed by atoms with Gasteiger partial charge >= 0.3 is 11.9 Å². The molecule has 0 aromatic carbocycles. The average Bonchev–Trinajstić information content (AvgIpc) is 3.30. The number of carbonyl (C=O) groups is 5. The van der Waals surface area contributed by atoms with Gasteiger partial charge in [-0.05, 0) is 30.8 Å². The summed E-state index contributed by atoms with van der Waals surface area (Å²) in [5, 5.41) is 25.8. The Morgan fingerprint density at radius 1 is 1.00 bits per heavy atom. The van der Waals surface area contributed by atoms with Crippen LogP contribution < -0.4 is 21.7 Å². The smallest absolute Gasteiger partial charge is 0.326 e. The number of carboxylic acids is 2. The fourth-order valence-corrected chi connectivity index (χ4v) is 3.44. The monoisotopic (exact) mass is 514 g/mol. The normalized spacial score (nSPS) is 14.4. The molecule has 4 atom stereocenters. The number of hydrogen-bond donors (Lipinski definition) is 7. The number of thioether (sulfide) groups is 1. The number of rotatable bonds is 16. The summed E-state index contributed by atoms with van der Waals surface area (Å²) in [5.74, 6) is -4.34. The summed E-state index contributed by atoms with van der Waals surface area (Å²) in [6.45, 7) is 3.49. The van der Waals surface area contributed by atoms with Gasteiger partial charge in [0.15, 0.2) is 0 Å². The molecular weight excluding hydrogens is 480 g/mol. The second kappa shape index (κ2) is 15.0. The van der Waals surface area contributed by atoms with Crippen molar-refractivity contribution in [3.63, 3.8) is 0 Å². The third-order valence-corrected chi connectivity index (χ3v) is 5.78. The van der Waals surface area contributed by atoms with Crippen LogP contribution in [0.3, 0.4) is 0 Å². The molecule has 0 aliphatic carbocycles. The molecule has 0 aliphatic rings. The number of H-pyrrole nitrogens is 1. The molecular formula is C21H34N6O7S. The Labute approximate surface area is 207 Å². The molecule has 1 rings (SSSR count). The van der Waals surface area contributed by atoms with Crippen LogP contribution in [0, 0.1) is 5.92 Å². The van der Waals surface area contributed by atoms with Crippen molar-refractivity contribution < 1.29 is 34.2 Å². The maximum Gasteiger partial charge on any atom is 0.326 e. The van der Waals surface area contributed by atoms with Gasteiger partial charge in [0.1, 0.15) is 18.1 Å². The molecule has 0 saturated heterocycles. The number of aromatic nitrogens is 2. The Morgan fingerprint density at radius 2 is 1.60 bits per heavy atom. The summed E-state index contributed by atoms with van der Waals surface area (Å²) >= 11 is 1.40. The number of carboxylic acid groups (broad SMARTS) is 2. The van der Waals surface area contributed by atoms with Gasteiger partial charge in [-0.15, -0.1) is 0 Å². The van der Waals surface area contributed by atoms with Crippen molar-refractivity contribution >= 4 is 41.4 Å². The predicted molar refractivity (Wildman–Crippen MR) is 128 cm³/mol. The molecule has 1 aromatic heterocycles. The molecule has 0 bridgehead atoms. The van der Waals surface area contributed by atoms with E-state index in [1.165, 1.54) is 24.3 Å². The van der Waals surface area contributed by atoms with Gasteiger partial charge in [-0.1, -0.05) is 13.8 Å². The SMILES string of the molecule is CSCCC(NC(=O)C(CCC(=O)O)NC(=O)C(Cc1cnc[nH]1)NC(=O)C(N)C(C)C)C(=O)O. The summed E-state index contributed by atoms with van der Waals surface area (Å²) in [6.07, 6.45) is 4.07. The van der Waals surface area contributed by atoms with Gasteiger partial charge in [-0.25, -0.2) is 9.78 Å². The largest absolute Gasteiger partial charge is 0.481 e. The fraction of sp³-hybridized carbons (Fsp3) is 0.619. The average molecular weight is 515 g/mol. The topological polar surface area (TPSA) is 217 Å². The van der Waals surface area contributed by atoms with E-state index >= 15 is 0 Å². The molecule has 13 nitrogen and oxygen atoms in total. The Morgan fingerprint density at radius 3 is 2.11 bits per heavy atom. The maximum absolute atomic E-state index is 13.1. The van der Waals surface area contributed by atoms with Crippen LogP contribution in [0.5, 0.6) is 0 Å². The number of nitrogens with zero attached hydrogens (tertiary/aromatic N) is 1. The van der Waals surface area contributed by atoms with Gasteiger partial charge in [0.2, 0.25) is 17.7 Å². The lowest BCUT2D eigenvalue weighted by molar-refractivity contribution is -0.143. The van der Waals surface area contributed by atoms with Crippen LogP contribution >= 0.6 is 11.8 Å². The van der Waals surface area contributed by atoms with E-state index in [0.29, 0.717) is 11.4 Å². The lowest BCUT2D eigenvalue weighted by atomic mass is 10.0. The minimum absolute atomic E-state index is 0.00112. The number of nitrogens with one attached hydrogen (secondary N) is 4. The van der Waals surface area contributed by atoms with E-state index in [2.05, 4.69) is 25.9 Å². The number of hydrogen-bond acceptors (Lipinski definition) is 8. The zero-order valence-electron chi connectivity index (χ0n) is 19.9. The minimum atomic E-state index is -1.34. The van der Waals surface area contributed by atoms with Crippen molar-refractivity contribution in [3.05, 3.63) is 18.2 Å². The van der Waals surface area contributed by atoms with Crippen LogP contribution in [0.4, 0.5) is 0 Å². The summed E-state index contributed by atoms with van der Waals surface area (Å²) in [4.78, 5) is 67.7. The Hall–Kier alpha value is -3.13. The highest BCUT2D eigenvalue weighted by Crippen LogP contribution is 2.07. The molecule has 1 heterocycles. The van der Waals surface area contributed by atoms with E-state index in [9.17, 15) is 29.1 Å². The number of amides is 3. The molecule has 0 saturated carbocycles. The second-order valence-corrected chi connectivity index (χ2v) is 9.27. The fourth-order valence-electron chi connectivity index (χ4n) is 2.97. The van der Waals surface area contributed by atoms with Crippen LogP contribution in [0.25, 0.3) is 0 Å². The summed E-state index contributed by atoms with van der Waals surface area (Å²) in [7, 11) is 0. The maximum atomic E-state index is 13.1. The molecule has 0 radical (unpaired) electrons. The third kappa shape index (κ3) is 10.8. The van der Waals surface area contributed by atoms with Gasteiger partial charge in [0, 0.05) is 24.7 Å². The van der Waals surface area contributed by atoms with Crippen LogP contribution in [-0.2, 0) is 30.4 Å². The number of nitrogens with two attached hydrogens (primary N) is 1. The van der Waals surface area contributed by atoms with E-state index in [1.807, 2.05) is 0 Å². The molecule has 14 heteroatoms. The van der Waals surface area contributed by atoms with Gasteiger partial charge in [-0.3, -0.25) is 19.2 Å². The Bertz CT molecular complexity index is 864. The Balaban J connectivity index is 3.06. The highest BCUT2D eigenvalue weighted by Gasteiger charge is 2.31. The van der Waals surface area contributed by atoms with Crippen LogP contribution in [0.15, 0.2) is 12.5 Å². The number of carbonyl (C=O) groups excluding carboxylic acids is 3. The lowest BCUT2D eigenvalue weighted by Crippen LogP contribution is -2.58. The number of aliphatic carboxylic acids is 2. The van der Waals surface area contributed by atoms with Crippen molar-refractivity contribution in [1.29, 1.82) is 0 Å². The van der Waals surface area contributed by atoms with Crippen molar-refractivity contribution in [1.82, 2.24) is 25.9 Å². The molecule has 35 heavy (non-hydrogen) atoms. The van der Waals surface area contributed by atoms with Crippen LogP contribution in [0.1, 0.15) is 38.8 Å². The standard InChI is InChI=1S/C21H34N6O7S/c1-11(2)17(22)20(32)27-15(8-12-9-23-10-24-12)19(31)25-13(4-5-16(28)29)18(30)26-14(21(33)34)6-7-35-3/h9-11,13-15,17H,4-8,22H2,1-3H3,(H,23,24)(H,25,31)(H,26,30)(H,27,32)(H,28,29)(H,33,34). The van der Waals surface area contributed by atoms with Gasteiger partial charge in [0.05, 0.1) is 12.4 Å². The van der Waals surface area contributed by atoms with Crippen molar-refractivity contribution in [3.8, 4) is 0 Å². The van der Waals surface area contributed by atoms with E-state index in [1.54, 1.807) is 20.1 Å². The lowest BCUT2D eigenvalue weighted by Gasteiger charge is -2.25. The third-order valence-electron chi connectivity index (χ3n) is 5.14. The van der Waals surface area contributed by atoms with Crippen molar-refractivity contribution in [2.45, 2.75) is 63.7 Å². The van der Waals surface area contributed by atoms with Crippen molar-refractivity contribution in [2.75, 3.05) is 12.0 Å². The first kappa shape index (κ1) is 29.9. The minimum Gasteiger partial charge on any atom is -0.481 e. The summed E-state index contributed by atoms with van der Waals surface area (Å²) in [6, 6.07) is -4.58. The van der Waals surface area contributed by atoms with Gasteiger partial charge < -0.3 is 36.9 Å². The van der Waals surface area contributed by atoms with E-state index < -0.39 is 60.2 Å². The Kier molecular flexibility index (Phi) is 12.8. The first-order valence-electron chi connectivity index (χ1n) is 11.0. The summed E-state index contributed by atoms with van der Waals surface area (Å²) < 4.78 is 0.